The summed E-state index contributed by atoms with van der Waals surface area (Å²) >= 11 is 7.98. The van der Waals surface area contributed by atoms with Crippen LogP contribution < -0.4 is 5.56 Å². The summed E-state index contributed by atoms with van der Waals surface area (Å²) < 4.78 is 2.80. The summed E-state index contributed by atoms with van der Waals surface area (Å²) in [7, 11) is 0. The molecule has 16 heavy (non-hydrogen) atoms. The molecule has 0 aliphatic carbocycles. The fraction of sp³-hybridized carbons (Fsp3) is 0.0833. The molecule has 0 spiro atoms. The van der Waals surface area contributed by atoms with Crippen molar-refractivity contribution < 1.29 is 0 Å². The van der Waals surface area contributed by atoms with E-state index in [9.17, 15) is 4.79 Å². The summed E-state index contributed by atoms with van der Waals surface area (Å²) in [6, 6.07) is 11.2. The molecule has 1 heterocycles. The quantitative estimate of drug-likeness (QED) is 0.767. The van der Waals surface area contributed by atoms with Crippen LogP contribution in [-0.4, -0.2) is 4.57 Å². The lowest BCUT2D eigenvalue weighted by molar-refractivity contribution is 0.759. The van der Waals surface area contributed by atoms with E-state index in [1.165, 1.54) is 6.07 Å². The maximum Gasteiger partial charge on any atom is 0.252 e. The summed E-state index contributed by atoms with van der Waals surface area (Å²) in [6.07, 6.45) is 1.71. The lowest BCUT2D eigenvalue weighted by atomic mass is 10.2. The van der Waals surface area contributed by atoms with Crippen LogP contribution in [-0.2, 0) is 6.54 Å². The van der Waals surface area contributed by atoms with Crippen LogP contribution in [0.3, 0.4) is 0 Å². The minimum absolute atomic E-state index is 0.0774. The van der Waals surface area contributed by atoms with Gasteiger partial charge < -0.3 is 4.57 Å². The Hall–Kier alpha value is -0.810. The highest BCUT2D eigenvalue weighted by atomic mass is 127. The molecule has 82 valence electrons. The Bertz CT molecular complexity index is 565. The van der Waals surface area contributed by atoms with E-state index in [1.54, 1.807) is 16.8 Å². The van der Waals surface area contributed by atoms with E-state index in [1.807, 2.05) is 18.2 Å². The third-order valence-electron chi connectivity index (χ3n) is 2.20. The molecule has 0 atom stereocenters. The van der Waals surface area contributed by atoms with Gasteiger partial charge in [0.1, 0.15) is 0 Å². The minimum Gasteiger partial charge on any atom is -0.311 e. The Morgan fingerprint density at radius 3 is 2.75 bits per heavy atom. The van der Waals surface area contributed by atoms with Gasteiger partial charge in [0.05, 0.1) is 6.54 Å². The van der Waals surface area contributed by atoms with Gasteiger partial charge in [-0.25, -0.2) is 0 Å². The van der Waals surface area contributed by atoms with Crippen LogP contribution in [0.2, 0.25) is 5.02 Å². The van der Waals surface area contributed by atoms with Gasteiger partial charge >= 0.3 is 0 Å². The van der Waals surface area contributed by atoms with E-state index in [0.29, 0.717) is 11.6 Å². The number of rotatable bonds is 2. The zero-order chi connectivity index (χ0) is 11.5. The standard InChI is InChI=1S/C12H9ClINO/c13-10-4-5-15(12(16)7-10)8-9-2-1-3-11(14)6-9/h1-7H,8H2. The molecule has 1 aromatic carbocycles. The summed E-state index contributed by atoms with van der Waals surface area (Å²) in [5.41, 5.74) is 1.03. The third kappa shape index (κ3) is 2.86. The van der Waals surface area contributed by atoms with Gasteiger partial charge in [-0.2, -0.15) is 0 Å². The highest BCUT2D eigenvalue weighted by Crippen LogP contribution is 2.09. The number of hydrogen-bond donors (Lipinski definition) is 0. The average Bonchev–Trinajstić information content (AvgIpc) is 2.22. The van der Waals surface area contributed by atoms with Crippen molar-refractivity contribution in [2.45, 2.75) is 6.54 Å². The molecular weight excluding hydrogens is 336 g/mol. The Morgan fingerprint density at radius 1 is 1.25 bits per heavy atom. The second kappa shape index (κ2) is 5.01. The van der Waals surface area contributed by atoms with E-state index in [0.717, 1.165) is 9.13 Å². The number of pyridine rings is 1. The van der Waals surface area contributed by atoms with Crippen LogP contribution >= 0.6 is 34.2 Å². The molecule has 0 unspecified atom stereocenters. The van der Waals surface area contributed by atoms with Crippen molar-refractivity contribution in [1.29, 1.82) is 0 Å². The van der Waals surface area contributed by atoms with Crippen LogP contribution in [0.4, 0.5) is 0 Å². The number of halogens is 2. The van der Waals surface area contributed by atoms with E-state index < -0.39 is 0 Å². The van der Waals surface area contributed by atoms with Gasteiger partial charge in [0.2, 0.25) is 0 Å². The van der Waals surface area contributed by atoms with E-state index in [4.69, 9.17) is 11.6 Å². The summed E-state index contributed by atoms with van der Waals surface area (Å²) in [5.74, 6) is 0. The first kappa shape index (κ1) is 11.7. The van der Waals surface area contributed by atoms with Crippen molar-refractivity contribution >= 4 is 34.2 Å². The predicted octanol–water partition coefficient (Wildman–Crippen LogP) is 3.15. The second-order valence-electron chi connectivity index (χ2n) is 3.44. The van der Waals surface area contributed by atoms with Crippen molar-refractivity contribution in [3.05, 3.63) is 67.1 Å². The molecule has 0 fully saturated rings. The summed E-state index contributed by atoms with van der Waals surface area (Å²) in [6.45, 7) is 0.576. The van der Waals surface area contributed by atoms with Crippen molar-refractivity contribution in [1.82, 2.24) is 4.57 Å². The van der Waals surface area contributed by atoms with Crippen molar-refractivity contribution in [2.75, 3.05) is 0 Å². The highest BCUT2D eigenvalue weighted by Gasteiger charge is 1.99. The first-order valence-electron chi connectivity index (χ1n) is 4.75. The third-order valence-corrected chi connectivity index (χ3v) is 3.11. The average molecular weight is 346 g/mol. The lowest BCUT2D eigenvalue weighted by Gasteiger charge is -2.05. The second-order valence-corrected chi connectivity index (χ2v) is 5.12. The van der Waals surface area contributed by atoms with Crippen LogP contribution in [0.15, 0.2) is 47.4 Å². The zero-order valence-electron chi connectivity index (χ0n) is 8.36. The molecule has 0 N–H and O–H groups in total. The Labute approximate surface area is 112 Å². The Kier molecular flexibility index (Phi) is 3.66. The smallest absolute Gasteiger partial charge is 0.252 e. The Morgan fingerprint density at radius 2 is 2.06 bits per heavy atom. The molecule has 0 saturated carbocycles. The molecule has 2 nitrogen and oxygen atoms in total. The number of aromatic nitrogens is 1. The SMILES string of the molecule is O=c1cc(Cl)ccn1Cc1cccc(I)c1. The molecular formula is C12H9ClINO. The first-order valence-corrected chi connectivity index (χ1v) is 6.21. The molecule has 2 rings (SSSR count). The summed E-state index contributed by atoms with van der Waals surface area (Å²) in [5, 5.41) is 0.476. The van der Waals surface area contributed by atoms with Crippen LogP contribution in [0.5, 0.6) is 0 Å². The van der Waals surface area contributed by atoms with Gasteiger partial charge in [-0.3, -0.25) is 4.79 Å². The highest BCUT2D eigenvalue weighted by molar-refractivity contribution is 14.1. The van der Waals surface area contributed by atoms with Crippen molar-refractivity contribution in [3.63, 3.8) is 0 Å². The van der Waals surface area contributed by atoms with E-state index >= 15 is 0 Å². The van der Waals surface area contributed by atoms with Gasteiger partial charge in [0.25, 0.3) is 5.56 Å². The van der Waals surface area contributed by atoms with Crippen LogP contribution in [0, 0.1) is 3.57 Å². The largest absolute Gasteiger partial charge is 0.311 e. The van der Waals surface area contributed by atoms with Gasteiger partial charge in [-0.15, -0.1) is 0 Å². The van der Waals surface area contributed by atoms with Crippen molar-refractivity contribution in [2.24, 2.45) is 0 Å². The fourth-order valence-corrected chi connectivity index (χ4v) is 2.20. The fourth-order valence-electron chi connectivity index (χ4n) is 1.45. The molecule has 4 heteroatoms. The zero-order valence-corrected chi connectivity index (χ0v) is 11.3. The van der Waals surface area contributed by atoms with E-state index in [2.05, 4.69) is 28.7 Å². The topological polar surface area (TPSA) is 22.0 Å². The molecule has 0 amide bonds. The van der Waals surface area contributed by atoms with Gasteiger partial charge in [-0.1, -0.05) is 23.7 Å². The summed E-state index contributed by atoms with van der Waals surface area (Å²) in [4.78, 5) is 11.6. The predicted molar refractivity (Wildman–Crippen MR) is 74.0 cm³/mol. The Balaban J connectivity index is 2.31. The normalized spacial score (nSPS) is 10.4. The molecule has 0 aliphatic rings. The molecule has 2 aromatic rings. The molecule has 0 saturated heterocycles. The van der Waals surface area contributed by atoms with Gasteiger partial charge in [0, 0.05) is 20.9 Å². The van der Waals surface area contributed by atoms with Gasteiger partial charge in [-0.05, 0) is 46.4 Å². The number of benzene rings is 1. The molecule has 1 aromatic heterocycles. The number of hydrogen-bond acceptors (Lipinski definition) is 1. The molecule has 0 bridgehead atoms. The lowest BCUT2D eigenvalue weighted by Crippen LogP contribution is -2.18. The van der Waals surface area contributed by atoms with Crippen LogP contribution in [0.1, 0.15) is 5.56 Å². The van der Waals surface area contributed by atoms with Crippen molar-refractivity contribution in [3.8, 4) is 0 Å². The molecule has 0 aliphatic heterocycles. The molecule has 0 radical (unpaired) electrons. The minimum atomic E-state index is -0.0774. The number of nitrogens with zero attached hydrogens (tertiary/aromatic N) is 1. The van der Waals surface area contributed by atoms with Crippen LogP contribution in [0.25, 0.3) is 0 Å². The monoisotopic (exact) mass is 345 g/mol. The van der Waals surface area contributed by atoms with Gasteiger partial charge in [0.15, 0.2) is 0 Å². The maximum absolute atomic E-state index is 11.6. The maximum atomic E-state index is 11.6. The first-order chi connectivity index (χ1) is 7.65. The van der Waals surface area contributed by atoms with E-state index in [-0.39, 0.29) is 5.56 Å².